The Balaban J connectivity index is 1.53. The number of hydrogen-bond acceptors (Lipinski definition) is 4. The van der Waals surface area contributed by atoms with Crippen LogP contribution in [0.1, 0.15) is 49.9 Å². The molecule has 0 radical (unpaired) electrons. The normalized spacial score (nSPS) is 19.7. The summed E-state index contributed by atoms with van der Waals surface area (Å²) in [5, 5.41) is 3.08. The number of benzene rings is 1. The summed E-state index contributed by atoms with van der Waals surface area (Å²) in [6, 6.07) is 7.14. The molecular formula is C19H29N3O3S. The van der Waals surface area contributed by atoms with Crippen molar-refractivity contribution in [3.05, 3.63) is 29.8 Å². The summed E-state index contributed by atoms with van der Waals surface area (Å²) in [5.74, 6) is 0.107. The van der Waals surface area contributed by atoms with Crippen molar-refractivity contribution in [3.8, 4) is 0 Å². The van der Waals surface area contributed by atoms with Gasteiger partial charge in [0, 0.05) is 37.3 Å². The highest BCUT2D eigenvalue weighted by atomic mass is 32.2. The van der Waals surface area contributed by atoms with Crippen LogP contribution in [0.25, 0.3) is 0 Å². The summed E-state index contributed by atoms with van der Waals surface area (Å²) in [4.78, 5) is 15.1. The molecule has 1 heterocycles. The van der Waals surface area contributed by atoms with Gasteiger partial charge in [-0.05, 0) is 55.9 Å². The average Bonchev–Trinajstić information content (AvgIpc) is 3.46. The largest absolute Gasteiger partial charge is 0.349 e. The predicted octanol–water partition coefficient (Wildman–Crippen LogP) is 1.98. The molecule has 26 heavy (non-hydrogen) atoms. The first-order valence-electron chi connectivity index (χ1n) is 9.50. The third-order valence-corrected chi connectivity index (χ3v) is 6.48. The van der Waals surface area contributed by atoms with Crippen LogP contribution in [0, 0.1) is 5.92 Å². The van der Waals surface area contributed by atoms with Crippen LogP contribution in [-0.4, -0.2) is 50.9 Å². The van der Waals surface area contributed by atoms with Crippen LogP contribution < -0.4 is 10.0 Å². The van der Waals surface area contributed by atoms with Gasteiger partial charge in [0.25, 0.3) is 5.91 Å². The van der Waals surface area contributed by atoms with E-state index in [1.807, 2.05) is 13.8 Å². The maximum Gasteiger partial charge on any atom is 0.251 e. The zero-order valence-corrected chi connectivity index (χ0v) is 16.4. The van der Waals surface area contributed by atoms with E-state index in [1.54, 1.807) is 12.1 Å². The molecule has 0 bridgehead atoms. The molecule has 1 aromatic rings. The summed E-state index contributed by atoms with van der Waals surface area (Å²) in [5.41, 5.74) is 0.498. The molecule has 1 saturated carbocycles. The summed E-state index contributed by atoms with van der Waals surface area (Å²) in [6.45, 7) is 6.39. The number of rotatable bonds is 7. The highest BCUT2D eigenvalue weighted by Crippen LogP contribution is 2.29. The van der Waals surface area contributed by atoms with Crippen molar-refractivity contribution in [2.24, 2.45) is 5.92 Å². The van der Waals surface area contributed by atoms with Gasteiger partial charge in [-0.1, -0.05) is 13.8 Å². The fourth-order valence-electron chi connectivity index (χ4n) is 3.26. The summed E-state index contributed by atoms with van der Waals surface area (Å²) >= 11 is 0. The zero-order valence-electron chi connectivity index (χ0n) is 15.6. The van der Waals surface area contributed by atoms with Crippen LogP contribution in [0.3, 0.4) is 0 Å². The third kappa shape index (κ3) is 5.05. The number of carbonyl (C=O) groups excluding carboxylic acids is 1. The highest BCUT2D eigenvalue weighted by molar-refractivity contribution is 7.89. The SMILES string of the molecule is CC(C)CNS(=O)(=O)c1ccc(C(=O)NC2CCN(C3CC3)CC2)cc1. The Bertz CT molecular complexity index is 719. The van der Waals surface area contributed by atoms with Crippen LogP contribution in [-0.2, 0) is 10.0 Å². The first-order chi connectivity index (χ1) is 12.3. The molecular weight excluding hydrogens is 350 g/mol. The molecule has 0 aromatic heterocycles. The predicted molar refractivity (Wildman–Crippen MR) is 102 cm³/mol. The highest BCUT2D eigenvalue weighted by Gasteiger charge is 2.32. The minimum Gasteiger partial charge on any atom is -0.349 e. The van der Waals surface area contributed by atoms with E-state index in [1.165, 1.54) is 25.0 Å². The van der Waals surface area contributed by atoms with Gasteiger partial charge in [-0.2, -0.15) is 0 Å². The number of sulfonamides is 1. The first-order valence-corrected chi connectivity index (χ1v) is 11.0. The molecule has 3 rings (SSSR count). The fraction of sp³-hybridized carbons (Fsp3) is 0.632. The number of nitrogens with one attached hydrogen (secondary N) is 2. The second-order valence-electron chi connectivity index (χ2n) is 7.79. The van der Waals surface area contributed by atoms with E-state index in [9.17, 15) is 13.2 Å². The van der Waals surface area contributed by atoms with Gasteiger partial charge in [-0.15, -0.1) is 0 Å². The van der Waals surface area contributed by atoms with Gasteiger partial charge in [0.05, 0.1) is 4.90 Å². The van der Waals surface area contributed by atoms with E-state index < -0.39 is 10.0 Å². The van der Waals surface area contributed by atoms with Crippen molar-refractivity contribution in [2.45, 2.75) is 56.5 Å². The first kappa shape index (κ1) is 19.3. The Morgan fingerprint density at radius 1 is 1.12 bits per heavy atom. The van der Waals surface area contributed by atoms with Crippen LogP contribution >= 0.6 is 0 Å². The Kier molecular flexibility index (Phi) is 5.99. The molecule has 2 N–H and O–H groups in total. The number of hydrogen-bond donors (Lipinski definition) is 2. The molecule has 1 aromatic carbocycles. The standard InChI is InChI=1S/C19H29N3O3S/c1-14(2)13-20-26(24,25)18-7-3-15(4-8-18)19(23)21-16-9-11-22(12-10-16)17-5-6-17/h3-4,7-8,14,16-17,20H,5-6,9-13H2,1-2H3,(H,21,23). The lowest BCUT2D eigenvalue weighted by Crippen LogP contribution is -2.45. The maximum atomic E-state index is 12.4. The zero-order chi connectivity index (χ0) is 18.7. The van der Waals surface area contributed by atoms with Gasteiger partial charge in [0.15, 0.2) is 0 Å². The quantitative estimate of drug-likeness (QED) is 0.759. The number of likely N-dealkylation sites (tertiary alicyclic amines) is 1. The van der Waals surface area contributed by atoms with Gasteiger partial charge in [-0.25, -0.2) is 13.1 Å². The number of piperidine rings is 1. The summed E-state index contributed by atoms with van der Waals surface area (Å²) in [6.07, 6.45) is 4.60. The Hall–Kier alpha value is -1.44. The Labute approximate surface area is 156 Å². The second kappa shape index (κ2) is 8.06. The van der Waals surface area contributed by atoms with Crippen LogP contribution in [0.15, 0.2) is 29.2 Å². The number of nitrogens with zero attached hydrogens (tertiary/aromatic N) is 1. The smallest absolute Gasteiger partial charge is 0.251 e. The van der Waals surface area contributed by atoms with E-state index in [4.69, 9.17) is 0 Å². The van der Waals surface area contributed by atoms with E-state index in [-0.39, 0.29) is 22.8 Å². The van der Waals surface area contributed by atoms with Crippen molar-refractivity contribution >= 4 is 15.9 Å². The Morgan fingerprint density at radius 3 is 2.27 bits per heavy atom. The lowest BCUT2D eigenvalue weighted by Gasteiger charge is -2.32. The van der Waals surface area contributed by atoms with Crippen LogP contribution in [0.5, 0.6) is 0 Å². The third-order valence-electron chi connectivity index (χ3n) is 5.04. The van der Waals surface area contributed by atoms with Crippen molar-refractivity contribution < 1.29 is 13.2 Å². The van der Waals surface area contributed by atoms with Gasteiger partial charge in [0.2, 0.25) is 10.0 Å². The molecule has 1 saturated heterocycles. The molecule has 0 atom stereocenters. The van der Waals surface area contributed by atoms with Gasteiger partial charge in [0.1, 0.15) is 0 Å². The summed E-state index contributed by atoms with van der Waals surface area (Å²) in [7, 11) is -3.52. The lowest BCUT2D eigenvalue weighted by atomic mass is 10.0. The Morgan fingerprint density at radius 2 is 1.73 bits per heavy atom. The topological polar surface area (TPSA) is 78.5 Å². The number of amides is 1. The molecule has 0 spiro atoms. The molecule has 0 unspecified atom stereocenters. The number of carbonyl (C=O) groups is 1. The summed E-state index contributed by atoms with van der Waals surface area (Å²) < 4.78 is 27.0. The molecule has 6 nitrogen and oxygen atoms in total. The van der Waals surface area contributed by atoms with Crippen molar-refractivity contribution in [1.82, 2.24) is 14.9 Å². The lowest BCUT2D eigenvalue weighted by molar-refractivity contribution is 0.0909. The molecule has 1 amide bonds. The molecule has 1 aliphatic heterocycles. The monoisotopic (exact) mass is 379 g/mol. The minimum atomic E-state index is -3.52. The van der Waals surface area contributed by atoms with Crippen LogP contribution in [0.4, 0.5) is 0 Å². The average molecular weight is 380 g/mol. The van der Waals surface area contributed by atoms with Gasteiger partial charge < -0.3 is 10.2 Å². The molecule has 2 fully saturated rings. The maximum absolute atomic E-state index is 12.4. The molecule has 144 valence electrons. The fourth-order valence-corrected chi connectivity index (χ4v) is 4.48. The van der Waals surface area contributed by atoms with Gasteiger partial charge >= 0.3 is 0 Å². The molecule has 7 heteroatoms. The van der Waals surface area contributed by atoms with E-state index >= 15 is 0 Å². The second-order valence-corrected chi connectivity index (χ2v) is 9.55. The van der Waals surface area contributed by atoms with E-state index in [0.717, 1.165) is 32.0 Å². The van der Waals surface area contributed by atoms with Crippen LogP contribution in [0.2, 0.25) is 0 Å². The van der Waals surface area contributed by atoms with E-state index in [2.05, 4.69) is 14.9 Å². The van der Waals surface area contributed by atoms with Crippen molar-refractivity contribution in [2.75, 3.05) is 19.6 Å². The van der Waals surface area contributed by atoms with E-state index in [0.29, 0.717) is 12.1 Å². The molecule has 2 aliphatic rings. The minimum absolute atomic E-state index is 0.131. The molecule has 1 aliphatic carbocycles. The van der Waals surface area contributed by atoms with Gasteiger partial charge in [-0.3, -0.25) is 4.79 Å². The van der Waals surface area contributed by atoms with Crippen molar-refractivity contribution in [1.29, 1.82) is 0 Å². The van der Waals surface area contributed by atoms with Crippen molar-refractivity contribution in [3.63, 3.8) is 0 Å².